The van der Waals surface area contributed by atoms with E-state index in [9.17, 15) is 22.0 Å². The molecule has 0 heterocycles. The van der Waals surface area contributed by atoms with Gasteiger partial charge in [0.1, 0.15) is 0 Å². The average molecular weight is 333 g/mol. The highest BCUT2D eigenvalue weighted by Crippen LogP contribution is 2.64. The largest absolute Gasteiger partial charge is 0.373 e. The Kier molecular flexibility index (Phi) is 4.97. The topological polar surface area (TPSA) is 38.5 Å². The molecule has 0 amide bonds. The van der Waals surface area contributed by atoms with Crippen LogP contribution >= 0.6 is 0 Å². The molecule has 8 heteroatoms. The van der Waals surface area contributed by atoms with Crippen molar-refractivity contribution in [2.45, 2.75) is 38.6 Å². The van der Waals surface area contributed by atoms with Gasteiger partial charge in [-0.15, -0.1) is 0 Å². The second kappa shape index (κ2) is 6.09. The molecule has 0 aliphatic heterocycles. The number of hydrogen-bond donors (Lipinski definition) is 0. The van der Waals surface area contributed by atoms with Gasteiger partial charge in [0.2, 0.25) is 11.4 Å². The van der Waals surface area contributed by atoms with Gasteiger partial charge in [0, 0.05) is 17.4 Å². The first-order valence-electron chi connectivity index (χ1n) is 6.39. The Bertz CT molecular complexity index is 685. The molecule has 3 nitrogen and oxygen atoms in total. The molecular formula is C15H12F5NO2. The third-order valence-corrected chi connectivity index (χ3v) is 4.02. The van der Waals surface area contributed by atoms with E-state index in [1.807, 2.05) is 0 Å². The third kappa shape index (κ3) is 2.84. The fourth-order valence-electron chi connectivity index (χ4n) is 2.64. The molecule has 1 aliphatic rings. The summed E-state index contributed by atoms with van der Waals surface area (Å²) < 4.78 is 66.9. The monoisotopic (exact) mass is 333 g/mol. The number of rotatable bonds is 1. The standard InChI is InChI=1S/C14H12F5N.CO2/c1-13(2,3)14(20-4)5-6(14)7-8(15)10(17)12(19)11(18)9(7)16;2-1-3/h6H,5H2,1-3H3;/t6-,14-;/m0./s1. The van der Waals surface area contributed by atoms with Crippen molar-refractivity contribution in [1.82, 2.24) is 0 Å². The van der Waals surface area contributed by atoms with Crippen molar-refractivity contribution in [2.75, 3.05) is 0 Å². The van der Waals surface area contributed by atoms with Crippen LogP contribution in [0.1, 0.15) is 38.7 Å². The molecule has 0 bridgehead atoms. The molecular weight excluding hydrogens is 321 g/mol. The van der Waals surface area contributed by atoms with E-state index in [2.05, 4.69) is 4.85 Å². The molecule has 0 saturated heterocycles. The maximum absolute atomic E-state index is 13.7. The molecule has 1 aromatic rings. The maximum Gasteiger partial charge on any atom is 0.373 e. The van der Waals surface area contributed by atoms with E-state index in [1.165, 1.54) is 0 Å². The summed E-state index contributed by atoms with van der Waals surface area (Å²) >= 11 is 0. The molecule has 0 N–H and O–H groups in total. The summed E-state index contributed by atoms with van der Waals surface area (Å²) in [6, 6.07) is 0. The first-order chi connectivity index (χ1) is 10.5. The number of hydrogen-bond acceptors (Lipinski definition) is 2. The van der Waals surface area contributed by atoms with Crippen LogP contribution in [0.15, 0.2) is 0 Å². The predicted octanol–water partition coefficient (Wildman–Crippen LogP) is 3.99. The predicted molar refractivity (Wildman–Crippen MR) is 67.4 cm³/mol. The second-order valence-electron chi connectivity index (χ2n) is 6.11. The van der Waals surface area contributed by atoms with Gasteiger partial charge in [-0.1, -0.05) is 20.8 Å². The van der Waals surface area contributed by atoms with Gasteiger partial charge < -0.3 is 4.85 Å². The minimum atomic E-state index is -2.17. The lowest BCUT2D eigenvalue weighted by molar-refractivity contribution is -0.191. The SMILES string of the molecule is O=C=O.[C-]#[N+][C@@]1(C(C)(C)C)C[C@H]1c1c(F)c(F)c(F)c(F)c1F. The van der Waals surface area contributed by atoms with Crippen molar-refractivity contribution < 1.29 is 31.5 Å². The minimum Gasteiger partial charge on any atom is -0.309 e. The minimum absolute atomic E-state index is 0.0817. The first-order valence-corrected chi connectivity index (χ1v) is 6.39. The molecule has 2 rings (SSSR count). The van der Waals surface area contributed by atoms with Gasteiger partial charge in [-0.3, -0.25) is 0 Å². The van der Waals surface area contributed by atoms with Crippen LogP contribution in [-0.4, -0.2) is 11.7 Å². The summed E-state index contributed by atoms with van der Waals surface area (Å²) in [5.41, 5.74) is -2.63. The fraction of sp³-hybridized carbons (Fsp3) is 0.467. The summed E-state index contributed by atoms with van der Waals surface area (Å²) in [4.78, 5) is 19.7. The van der Waals surface area contributed by atoms with Gasteiger partial charge in [0.25, 0.3) is 0 Å². The van der Waals surface area contributed by atoms with Gasteiger partial charge in [0.15, 0.2) is 23.3 Å². The zero-order valence-corrected chi connectivity index (χ0v) is 12.4. The van der Waals surface area contributed by atoms with Gasteiger partial charge in [-0.2, -0.15) is 9.59 Å². The Morgan fingerprint density at radius 3 is 1.61 bits per heavy atom. The lowest BCUT2D eigenvalue weighted by Gasteiger charge is -2.21. The molecule has 1 aliphatic carbocycles. The molecule has 0 spiro atoms. The second-order valence-corrected chi connectivity index (χ2v) is 6.11. The molecule has 1 saturated carbocycles. The van der Waals surface area contributed by atoms with Crippen LogP contribution in [-0.2, 0) is 9.59 Å². The quantitative estimate of drug-likeness (QED) is 0.337. The van der Waals surface area contributed by atoms with Gasteiger partial charge in [0.05, 0.1) is 5.92 Å². The number of carbonyl (C=O) groups excluding carboxylic acids is 2. The summed E-state index contributed by atoms with van der Waals surface area (Å²) in [7, 11) is 0. The van der Waals surface area contributed by atoms with Crippen molar-refractivity contribution in [2.24, 2.45) is 5.41 Å². The van der Waals surface area contributed by atoms with Crippen molar-refractivity contribution in [1.29, 1.82) is 0 Å². The van der Waals surface area contributed by atoms with Crippen LogP contribution in [0.25, 0.3) is 4.85 Å². The van der Waals surface area contributed by atoms with Crippen LogP contribution in [0, 0.1) is 41.1 Å². The smallest absolute Gasteiger partial charge is 0.309 e. The Morgan fingerprint density at radius 1 is 1.00 bits per heavy atom. The Morgan fingerprint density at radius 2 is 1.35 bits per heavy atom. The Hall–Kier alpha value is -2.26. The first kappa shape index (κ1) is 18.8. The lowest BCUT2D eigenvalue weighted by atomic mass is 9.82. The third-order valence-electron chi connectivity index (χ3n) is 4.02. The van der Waals surface area contributed by atoms with Gasteiger partial charge in [-0.05, 0) is 0 Å². The highest BCUT2D eigenvalue weighted by atomic mass is 19.2. The lowest BCUT2D eigenvalue weighted by Crippen LogP contribution is -2.27. The van der Waals surface area contributed by atoms with Crippen LogP contribution < -0.4 is 0 Å². The fourth-order valence-corrected chi connectivity index (χ4v) is 2.64. The highest BCUT2D eigenvalue weighted by molar-refractivity contribution is 5.42. The summed E-state index contributed by atoms with van der Waals surface area (Å²) in [5, 5.41) is 0. The van der Waals surface area contributed by atoms with E-state index >= 15 is 0 Å². The molecule has 124 valence electrons. The molecule has 0 radical (unpaired) electrons. The Labute approximate surface area is 128 Å². The molecule has 23 heavy (non-hydrogen) atoms. The van der Waals surface area contributed by atoms with Crippen LogP contribution in [0.4, 0.5) is 22.0 Å². The molecule has 2 atom stereocenters. The molecule has 0 unspecified atom stereocenters. The van der Waals surface area contributed by atoms with Crippen molar-refractivity contribution in [3.8, 4) is 0 Å². The van der Waals surface area contributed by atoms with Crippen molar-refractivity contribution in [3.05, 3.63) is 46.1 Å². The van der Waals surface area contributed by atoms with Crippen molar-refractivity contribution >= 4 is 6.15 Å². The highest BCUT2D eigenvalue weighted by Gasteiger charge is 2.71. The molecule has 0 aromatic heterocycles. The van der Waals surface area contributed by atoms with E-state index in [0.29, 0.717) is 0 Å². The summed E-state index contributed by atoms with van der Waals surface area (Å²) in [6.45, 7) is 12.3. The van der Waals surface area contributed by atoms with Gasteiger partial charge in [-0.25, -0.2) is 28.5 Å². The van der Waals surface area contributed by atoms with E-state index in [4.69, 9.17) is 16.2 Å². The van der Waals surface area contributed by atoms with E-state index in [1.54, 1.807) is 20.8 Å². The summed E-state index contributed by atoms with van der Waals surface area (Å²) in [6.07, 6.45) is 0.332. The van der Waals surface area contributed by atoms with Crippen LogP contribution in [0.5, 0.6) is 0 Å². The zero-order valence-electron chi connectivity index (χ0n) is 12.4. The zero-order chi connectivity index (χ0) is 18.2. The summed E-state index contributed by atoms with van der Waals surface area (Å²) in [5.74, 6) is -10.7. The maximum atomic E-state index is 13.7. The van der Waals surface area contributed by atoms with Gasteiger partial charge >= 0.3 is 6.15 Å². The molecule has 1 fully saturated rings. The van der Waals surface area contributed by atoms with E-state index < -0.39 is 51.5 Å². The average Bonchev–Trinajstić information content (AvgIpc) is 3.20. The number of benzene rings is 1. The van der Waals surface area contributed by atoms with Crippen LogP contribution in [0.2, 0.25) is 0 Å². The van der Waals surface area contributed by atoms with Crippen molar-refractivity contribution in [3.63, 3.8) is 0 Å². The van der Waals surface area contributed by atoms with E-state index in [0.717, 1.165) is 0 Å². The molecule has 1 aromatic carbocycles. The Balaban J connectivity index is 0.000000816. The number of nitrogens with zero attached hydrogens (tertiary/aromatic N) is 1. The van der Waals surface area contributed by atoms with E-state index in [-0.39, 0.29) is 12.6 Å². The van der Waals surface area contributed by atoms with Crippen LogP contribution in [0.3, 0.4) is 0 Å². The number of halogens is 5. The normalized spacial score (nSPS) is 22.5.